The number of rotatable bonds is 8. The average Bonchev–Trinajstić information content (AvgIpc) is 2.39. The highest BCUT2D eigenvalue weighted by Gasteiger charge is 2.00. The smallest absolute Gasteiger partial charge is 0.333 e. The first-order chi connectivity index (χ1) is 8.99. The van der Waals surface area contributed by atoms with Crippen LogP contribution in [0, 0.1) is 0 Å². The summed E-state index contributed by atoms with van der Waals surface area (Å²) < 4.78 is 9.35. The third-order valence-corrected chi connectivity index (χ3v) is 2.03. The molecule has 0 bridgehead atoms. The van der Waals surface area contributed by atoms with E-state index in [0.29, 0.717) is 18.8 Å². The number of carbonyl (C=O) groups is 2. The van der Waals surface area contributed by atoms with Crippen LogP contribution in [0.5, 0.6) is 0 Å². The molecule has 0 saturated carbocycles. The van der Waals surface area contributed by atoms with Crippen LogP contribution in [-0.4, -0.2) is 25.2 Å². The van der Waals surface area contributed by atoms with E-state index in [0.717, 1.165) is 18.9 Å². The lowest BCUT2D eigenvalue weighted by Gasteiger charge is -2.02. The van der Waals surface area contributed by atoms with Gasteiger partial charge in [0.15, 0.2) is 0 Å². The molecule has 110 valence electrons. The van der Waals surface area contributed by atoms with Gasteiger partial charge in [-0.25, -0.2) is 9.59 Å². The van der Waals surface area contributed by atoms with Crippen molar-refractivity contribution in [1.82, 2.24) is 0 Å². The summed E-state index contributed by atoms with van der Waals surface area (Å²) in [5.41, 5.74) is 0.477. The molecule has 0 aromatic carbocycles. The van der Waals surface area contributed by atoms with Crippen molar-refractivity contribution in [2.75, 3.05) is 13.2 Å². The van der Waals surface area contributed by atoms with Gasteiger partial charge in [0.1, 0.15) is 0 Å². The Balaban J connectivity index is 0. The van der Waals surface area contributed by atoms with E-state index in [2.05, 4.69) is 24.8 Å². The lowest BCUT2D eigenvalue weighted by Crippen LogP contribution is -2.05. The second-order valence-electron chi connectivity index (χ2n) is 3.93. The summed E-state index contributed by atoms with van der Waals surface area (Å²) >= 11 is 0. The highest BCUT2D eigenvalue weighted by Crippen LogP contribution is 2.00. The molecule has 0 fully saturated rings. The first kappa shape index (κ1) is 19.8. The Morgan fingerprint density at radius 2 is 1.74 bits per heavy atom. The zero-order valence-electron chi connectivity index (χ0n) is 12.4. The molecule has 0 rings (SSSR count). The molecule has 0 aromatic heterocycles. The second-order valence-corrected chi connectivity index (χ2v) is 3.93. The van der Waals surface area contributed by atoms with Crippen LogP contribution in [-0.2, 0) is 19.1 Å². The van der Waals surface area contributed by atoms with E-state index in [-0.39, 0.29) is 11.9 Å². The maximum Gasteiger partial charge on any atom is 0.333 e. The van der Waals surface area contributed by atoms with Crippen LogP contribution in [0.2, 0.25) is 0 Å². The fourth-order valence-corrected chi connectivity index (χ4v) is 1.02. The predicted octanol–water partition coefficient (Wildman–Crippen LogP) is 3.42. The van der Waals surface area contributed by atoms with E-state index in [4.69, 9.17) is 4.74 Å². The van der Waals surface area contributed by atoms with Crippen LogP contribution < -0.4 is 0 Å². The molecule has 0 amide bonds. The second kappa shape index (κ2) is 14.5. The van der Waals surface area contributed by atoms with E-state index in [1.54, 1.807) is 13.8 Å². The van der Waals surface area contributed by atoms with Crippen LogP contribution in [0.25, 0.3) is 0 Å². The molecule has 0 saturated heterocycles. The van der Waals surface area contributed by atoms with Gasteiger partial charge < -0.3 is 9.47 Å². The van der Waals surface area contributed by atoms with Gasteiger partial charge in [0.2, 0.25) is 0 Å². The summed E-state index contributed by atoms with van der Waals surface area (Å²) in [6.07, 6.45) is 5.66. The van der Waals surface area contributed by atoms with Crippen molar-refractivity contribution >= 4 is 11.9 Å². The Bertz CT molecular complexity index is 282. The minimum Gasteiger partial charge on any atom is -0.463 e. The van der Waals surface area contributed by atoms with Gasteiger partial charge in [0.05, 0.1) is 13.2 Å². The van der Waals surface area contributed by atoms with E-state index in [9.17, 15) is 9.59 Å². The average molecular weight is 270 g/mol. The van der Waals surface area contributed by atoms with Gasteiger partial charge in [-0.15, -0.1) is 0 Å². The molecule has 0 aromatic rings. The zero-order chi connectivity index (χ0) is 15.1. The van der Waals surface area contributed by atoms with Gasteiger partial charge in [-0.1, -0.05) is 39.3 Å². The zero-order valence-corrected chi connectivity index (χ0v) is 12.4. The van der Waals surface area contributed by atoms with Gasteiger partial charge in [0.25, 0.3) is 0 Å². The molecule has 0 aliphatic rings. The number of esters is 2. The number of unbranched alkanes of at least 4 members (excludes halogenated alkanes) is 3. The fourth-order valence-electron chi connectivity index (χ4n) is 1.02. The third kappa shape index (κ3) is 16.4. The van der Waals surface area contributed by atoms with Crippen molar-refractivity contribution in [3.8, 4) is 0 Å². The monoisotopic (exact) mass is 270 g/mol. The Hall–Kier alpha value is -1.58. The Morgan fingerprint density at radius 3 is 2.11 bits per heavy atom. The quantitative estimate of drug-likeness (QED) is 0.385. The number of hydrogen-bond acceptors (Lipinski definition) is 4. The van der Waals surface area contributed by atoms with Gasteiger partial charge >= 0.3 is 11.9 Å². The number of ether oxygens (including phenoxy) is 2. The summed E-state index contributed by atoms with van der Waals surface area (Å²) in [4.78, 5) is 20.9. The molecular formula is C15H26O4. The van der Waals surface area contributed by atoms with Crippen LogP contribution in [0.15, 0.2) is 24.8 Å². The van der Waals surface area contributed by atoms with Crippen molar-refractivity contribution in [1.29, 1.82) is 0 Å². The van der Waals surface area contributed by atoms with Crippen molar-refractivity contribution in [2.45, 2.75) is 46.5 Å². The highest BCUT2D eigenvalue weighted by atomic mass is 16.5. The first-order valence-corrected chi connectivity index (χ1v) is 6.61. The molecule has 0 heterocycles. The number of carbonyl (C=O) groups excluding carboxylic acids is 2. The minimum atomic E-state index is -0.359. The maximum absolute atomic E-state index is 10.9. The molecule has 0 aliphatic carbocycles. The molecule has 0 radical (unpaired) electrons. The SMILES string of the molecule is C=C(C)C(=O)OCCCCCC.C=CC(=O)OCC. The topological polar surface area (TPSA) is 52.6 Å². The summed E-state index contributed by atoms with van der Waals surface area (Å²) in [5.74, 6) is -0.631. The molecule has 0 aliphatic heterocycles. The molecule has 0 N–H and O–H groups in total. The van der Waals surface area contributed by atoms with E-state index in [1.165, 1.54) is 12.8 Å². The van der Waals surface area contributed by atoms with Crippen LogP contribution >= 0.6 is 0 Å². The first-order valence-electron chi connectivity index (χ1n) is 6.61. The summed E-state index contributed by atoms with van der Waals surface area (Å²) in [5, 5.41) is 0. The lowest BCUT2D eigenvalue weighted by molar-refractivity contribution is -0.139. The lowest BCUT2D eigenvalue weighted by atomic mass is 10.2. The Labute approximate surface area is 116 Å². The predicted molar refractivity (Wildman–Crippen MR) is 76.7 cm³/mol. The van der Waals surface area contributed by atoms with Crippen LogP contribution in [0.3, 0.4) is 0 Å². The van der Waals surface area contributed by atoms with Gasteiger partial charge in [-0.05, 0) is 20.3 Å². The Morgan fingerprint density at radius 1 is 1.11 bits per heavy atom. The Kier molecular flexibility index (Phi) is 15.1. The maximum atomic E-state index is 10.9. The van der Waals surface area contributed by atoms with Crippen molar-refractivity contribution in [2.24, 2.45) is 0 Å². The van der Waals surface area contributed by atoms with Crippen molar-refractivity contribution in [3.63, 3.8) is 0 Å². The number of hydrogen-bond donors (Lipinski definition) is 0. The van der Waals surface area contributed by atoms with Crippen LogP contribution in [0.1, 0.15) is 46.5 Å². The molecule has 0 unspecified atom stereocenters. The molecule has 4 heteroatoms. The standard InChI is InChI=1S/C10H18O2.C5H8O2/c1-4-5-6-7-8-12-10(11)9(2)3;1-3-5(6)7-4-2/h2,4-8H2,1,3H3;3H,1,4H2,2H3. The van der Waals surface area contributed by atoms with E-state index >= 15 is 0 Å². The third-order valence-electron chi connectivity index (χ3n) is 2.03. The molecule has 0 spiro atoms. The van der Waals surface area contributed by atoms with E-state index in [1.807, 2.05) is 0 Å². The summed E-state index contributed by atoms with van der Waals surface area (Å²) in [6, 6.07) is 0. The normalized spacial score (nSPS) is 8.79. The van der Waals surface area contributed by atoms with Gasteiger partial charge in [-0.2, -0.15) is 0 Å². The molecular weight excluding hydrogens is 244 g/mol. The minimum absolute atomic E-state index is 0.272. The molecule has 19 heavy (non-hydrogen) atoms. The summed E-state index contributed by atoms with van der Waals surface area (Å²) in [7, 11) is 0. The van der Waals surface area contributed by atoms with E-state index < -0.39 is 0 Å². The van der Waals surface area contributed by atoms with Gasteiger partial charge in [0, 0.05) is 11.6 Å². The fraction of sp³-hybridized carbons (Fsp3) is 0.600. The van der Waals surface area contributed by atoms with Crippen molar-refractivity contribution < 1.29 is 19.1 Å². The summed E-state index contributed by atoms with van der Waals surface area (Å²) in [6.45, 7) is 13.2. The van der Waals surface area contributed by atoms with Crippen LogP contribution in [0.4, 0.5) is 0 Å². The largest absolute Gasteiger partial charge is 0.463 e. The highest BCUT2D eigenvalue weighted by molar-refractivity contribution is 5.86. The van der Waals surface area contributed by atoms with Crippen molar-refractivity contribution in [3.05, 3.63) is 24.8 Å². The molecule has 4 nitrogen and oxygen atoms in total. The van der Waals surface area contributed by atoms with Gasteiger partial charge in [-0.3, -0.25) is 0 Å². The molecule has 0 atom stereocenters.